The van der Waals surface area contributed by atoms with Crippen molar-refractivity contribution in [1.29, 1.82) is 0 Å². The Balaban J connectivity index is 1.56. The van der Waals surface area contributed by atoms with Crippen LogP contribution in [0.4, 0.5) is 0 Å². The van der Waals surface area contributed by atoms with Crippen molar-refractivity contribution in [1.82, 2.24) is 10.2 Å². The van der Waals surface area contributed by atoms with Crippen LogP contribution in [0.3, 0.4) is 0 Å². The summed E-state index contributed by atoms with van der Waals surface area (Å²) >= 11 is 0. The van der Waals surface area contributed by atoms with E-state index in [1.54, 1.807) is 45.0 Å². The molecule has 2 aliphatic heterocycles. The zero-order valence-corrected chi connectivity index (χ0v) is 19.0. The molecule has 1 saturated heterocycles. The minimum absolute atomic E-state index is 0.0760. The molecule has 0 aromatic heterocycles. The first-order valence-corrected chi connectivity index (χ1v) is 10.9. The average molecular weight is 456 g/mol. The van der Waals surface area contributed by atoms with Gasteiger partial charge in [-0.3, -0.25) is 29.4 Å². The molecule has 1 unspecified atom stereocenters. The lowest BCUT2D eigenvalue weighted by Gasteiger charge is -2.27. The number of piperidine rings is 1. The van der Waals surface area contributed by atoms with Gasteiger partial charge in [0, 0.05) is 13.0 Å². The molecule has 0 spiro atoms. The summed E-state index contributed by atoms with van der Waals surface area (Å²) in [5, 5.41) is 2.19. The molecule has 0 bridgehead atoms. The molecule has 33 heavy (non-hydrogen) atoms. The van der Waals surface area contributed by atoms with E-state index >= 15 is 0 Å². The highest BCUT2D eigenvalue weighted by atomic mass is 16.6. The summed E-state index contributed by atoms with van der Waals surface area (Å²) in [5.74, 6) is -2.53. The Labute approximate surface area is 192 Å². The first kappa shape index (κ1) is 24.3. The van der Waals surface area contributed by atoms with Gasteiger partial charge in [-0.15, -0.1) is 0 Å². The number of imide groups is 2. The molecule has 3 rings (SSSR count). The predicted octanol–water partition coefficient (Wildman–Crippen LogP) is 2.24. The molecular formula is C24H28N2O7. The van der Waals surface area contributed by atoms with Gasteiger partial charge in [0.05, 0.1) is 11.1 Å². The fraction of sp³-hybridized carbons (Fsp3) is 0.458. The quantitative estimate of drug-likeness (QED) is 0.362. The van der Waals surface area contributed by atoms with Crippen molar-refractivity contribution in [3.05, 3.63) is 41.0 Å². The zero-order valence-electron chi connectivity index (χ0n) is 19.0. The summed E-state index contributed by atoms with van der Waals surface area (Å²) < 4.78 is 10.5. The lowest BCUT2D eigenvalue weighted by atomic mass is 10.0. The van der Waals surface area contributed by atoms with E-state index in [0.29, 0.717) is 25.0 Å². The molecule has 9 nitrogen and oxygen atoms in total. The van der Waals surface area contributed by atoms with Crippen molar-refractivity contribution in [3.63, 3.8) is 0 Å². The SMILES string of the molecule is CC(C)(C)OC(=O)COCCC/C=C\c1cccc2c1C(=O)N(C1CCC(=O)NC1=O)C2=O. The summed E-state index contributed by atoms with van der Waals surface area (Å²) in [5.41, 5.74) is 0.527. The second-order valence-electron chi connectivity index (χ2n) is 8.90. The molecule has 0 radical (unpaired) electrons. The van der Waals surface area contributed by atoms with Gasteiger partial charge in [-0.05, 0) is 51.7 Å². The second-order valence-corrected chi connectivity index (χ2v) is 8.90. The molecule has 1 N–H and O–H groups in total. The minimum Gasteiger partial charge on any atom is -0.458 e. The third kappa shape index (κ3) is 5.92. The van der Waals surface area contributed by atoms with E-state index in [1.807, 2.05) is 6.08 Å². The van der Waals surface area contributed by atoms with Gasteiger partial charge in [0.1, 0.15) is 18.2 Å². The molecule has 0 saturated carbocycles. The number of rotatable bonds is 8. The van der Waals surface area contributed by atoms with Gasteiger partial charge in [-0.1, -0.05) is 24.3 Å². The molecule has 4 amide bonds. The van der Waals surface area contributed by atoms with Crippen molar-refractivity contribution in [2.45, 2.75) is 58.1 Å². The molecule has 1 fully saturated rings. The van der Waals surface area contributed by atoms with Gasteiger partial charge < -0.3 is 9.47 Å². The number of hydrogen-bond donors (Lipinski definition) is 1. The van der Waals surface area contributed by atoms with Crippen molar-refractivity contribution in [3.8, 4) is 0 Å². The van der Waals surface area contributed by atoms with Crippen molar-refractivity contribution in [2.24, 2.45) is 0 Å². The van der Waals surface area contributed by atoms with E-state index < -0.39 is 41.2 Å². The Bertz CT molecular complexity index is 1010. The fourth-order valence-corrected chi connectivity index (χ4v) is 3.72. The van der Waals surface area contributed by atoms with E-state index in [0.717, 1.165) is 4.90 Å². The Morgan fingerprint density at radius 1 is 1.18 bits per heavy atom. The van der Waals surface area contributed by atoms with Crippen molar-refractivity contribution >= 4 is 35.7 Å². The smallest absolute Gasteiger partial charge is 0.332 e. The van der Waals surface area contributed by atoms with E-state index in [1.165, 1.54) is 0 Å². The number of hydrogen-bond acceptors (Lipinski definition) is 7. The number of benzene rings is 1. The number of carbonyl (C=O) groups excluding carboxylic acids is 5. The molecule has 1 aromatic carbocycles. The van der Waals surface area contributed by atoms with Crippen LogP contribution >= 0.6 is 0 Å². The van der Waals surface area contributed by atoms with Crippen molar-refractivity contribution < 1.29 is 33.4 Å². The second kappa shape index (κ2) is 10.1. The summed E-state index contributed by atoms with van der Waals surface area (Å²) in [6.45, 7) is 5.63. The standard InChI is InChI=1S/C24H28N2O7/c1-24(2,3)33-19(28)14-32-13-6-4-5-8-15-9-7-10-16-20(15)23(31)26(22(16)30)17-11-12-18(27)25-21(17)29/h5,7-10,17H,4,6,11-14H2,1-3H3,(H,25,27,29)/b8-5-. The normalized spacial score (nSPS) is 18.6. The molecule has 0 aliphatic carbocycles. The molecule has 1 atom stereocenters. The zero-order chi connectivity index (χ0) is 24.2. The lowest BCUT2D eigenvalue weighted by molar-refractivity contribution is -0.160. The summed E-state index contributed by atoms with van der Waals surface area (Å²) in [6, 6.07) is 3.98. The molecule has 176 valence electrons. The van der Waals surface area contributed by atoms with Crippen LogP contribution in [0.5, 0.6) is 0 Å². The third-order valence-corrected chi connectivity index (χ3v) is 5.10. The van der Waals surface area contributed by atoms with Crippen LogP contribution in [0, 0.1) is 0 Å². The number of esters is 1. The lowest BCUT2D eigenvalue weighted by Crippen LogP contribution is -2.54. The summed E-state index contributed by atoms with van der Waals surface area (Å²) in [7, 11) is 0. The van der Waals surface area contributed by atoms with Crippen molar-refractivity contribution in [2.75, 3.05) is 13.2 Å². The van der Waals surface area contributed by atoms with E-state index in [-0.39, 0.29) is 30.6 Å². The highest BCUT2D eigenvalue weighted by molar-refractivity contribution is 6.24. The first-order valence-electron chi connectivity index (χ1n) is 10.9. The third-order valence-electron chi connectivity index (χ3n) is 5.10. The number of amides is 4. The summed E-state index contributed by atoms with van der Waals surface area (Å²) in [4.78, 5) is 62.0. The molecule has 1 aromatic rings. The molecule has 2 heterocycles. The monoisotopic (exact) mass is 456 g/mol. The van der Waals surface area contributed by atoms with Gasteiger partial charge >= 0.3 is 5.97 Å². The number of allylic oxidation sites excluding steroid dienone is 1. The number of nitrogens with one attached hydrogen (secondary N) is 1. The van der Waals surface area contributed by atoms with E-state index in [2.05, 4.69) is 5.32 Å². The topological polar surface area (TPSA) is 119 Å². The van der Waals surface area contributed by atoms with E-state index in [9.17, 15) is 24.0 Å². The molecule has 9 heteroatoms. The maximum atomic E-state index is 13.0. The van der Waals surface area contributed by atoms with Crippen LogP contribution in [0.2, 0.25) is 0 Å². The number of carbonyl (C=O) groups is 5. The number of nitrogens with zero attached hydrogens (tertiary/aromatic N) is 1. The van der Waals surface area contributed by atoms with Crippen LogP contribution in [0.15, 0.2) is 24.3 Å². The number of ether oxygens (including phenoxy) is 2. The summed E-state index contributed by atoms with van der Waals surface area (Å²) in [6.07, 6.45) is 5.10. The highest BCUT2D eigenvalue weighted by Gasteiger charge is 2.45. The van der Waals surface area contributed by atoms with Gasteiger partial charge in [-0.2, -0.15) is 0 Å². The maximum Gasteiger partial charge on any atom is 0.332 e. The van der Waals surface area contributed by atoms with Crippen LogP contribution in [0.25, 0.3) is 6.08 Å². The molecule has 2 aliphatic rings. The van der Waals surface area contributed by atoms with Crippen LogP contribution < -0.4 is 5.32 Å². The fourth-order valence-electron chi connectivity index (χ4n) is 3.72. The van der Waals surface area contributed by atoms with Crippen LogP contribution in [0.1, 0.15) is 72.7 Å². The van der Waals surface area contributed by atoms with Gasteiger partial charge in [0.25, 0.3) is 11.8 Å². The Hall–Kier alpha value is -3.33. The number of unbranched alkanes of at least 4 members (excludes halogenated alkanes) is 1. The predicted molar refractivity (Wildman–Crippen MR) is 118 cm³/mol. The highest BCUT2D eigenvalue weighted by Crippen LogP contribution is 2.30. The van der Waals surface area contributed by atoms with Gasteiger partial charge in [0.15, 0.2) is 0 Å². The van der Waals surface area contributed by atoms with Crippen LogP contribution in [-0.4, -0.2) is 59.4 Å². The minimum atomic E-state index is -0.992. The van der Waals surface area contributed by atoms with Gasteiger partial charge in [-0.25, -0.2) is 4.79 Å². The maximum absolute atomic E-state index is 13.0. The Morgan fingerprint density at radius 2 is 1.94 bits per heavy atom. The Morgan fingerprint density at radius 3 is 2.64 bits per heavy atom. The van der Waals surface area contributed by atoms with Crippen LogP contribution in [-0.2, 0) is 23.9 Å². The first-order chi connectivity index (χ1) is 15.6. The van der Waals surface area contributed by atoms with Gasteiger partial charge in [0.2, 0.25) is 11.8 Å². The Kier molecular flexibility index (Phi) is 7.43. The largest absolute Gasteiger partial charge is 0.458 e. The average Bonchev–Trinajstić information content (AvgIpc) is 2.97. The van der Waals surface area contributed by atoms with E-state index in [4.69, 9.17) is 9.47 Å². The molecular weight excluding hydrogens is 428 g/mol. The number of fused-ring (bicyclic) bond motifs is 1.